The van der Waals surface area contributed by atoms with Crippen LogP contribution in [0.25, 0.3) is 5.57 Å². The smallest absolute Gasteiger partial charge is 0.329 e. The molecule has 0 aliphatic carbocycles. The molecule has 4 heterocycles. The van der Waals surface area contributed by atoms with Crippen LogP contribution in [0.3, 0.4) is 0 Å². The molecule has 7 nitrogen and oxygen atoms in total. The van der Waals surface area contributed by atoms with E-state index >= 15 is 0 Å². The average molecular weight is 432 g/mol. The Morgan fingerprint density at radius 2 is 2.16 bits per heavy atom. The largest absolute Gasteiger partial charge is 0.389 e. The molecule has 2 aliphatic rings. The Labute approximate surface area is 177 Å². The zero-order valence-electron chi connectivity index (χ0n) is 17.1. The van der Waals surface area contributed by atoms with Gasteiger partial charge in [0.25, 0.3) is 0 Å². The summed E-state index contributed by atoms with van der Waals surface area (Å²) in [4.78, 5) is 23.3. The molecule has 10 heteroatoms. The first-order valence-corrected chi connectivity index (χ1v) is 10.1. The number of aryl methyl sites for hydroxylation is 1. The Morgan fingerprint density at radius 1 is 1.35 bits per heavy atom. The average Bonchev–Trinajstić information content (AvgIpc) is 3.24. The highest BCUT2D eigenvalue weighted by Gasteiger charge is 2.41. The molecule has 2 atom stereocenters. The van der Waals surface area contributed by atoms with E-state index in [4.69, 9.17) is 0 Å². The van der Waals surface area contributed by atoms with Gasteiger partial charge in [0.05, 0.1) is 23.6 Å². The molecule has 31 heavy (non-hydrogen) atoms. The second-order valence-electron chi connectivity index (χ2n) is 7.92. The van der Waals surface area contributed by atoms with Gasteiger partial charge in [0.2, 0.25) is 11.9 Å². The molecule has 0 spiro atoms. The van der Waals surface area contributed by atoms with E-state index in [1.165, 1.54) is 0 Å². The summed E-state index contributed by atoms with van der Waals surface area (Å²) in [5.74, 6) is 0.0615. The predicted molar refractivity (Wildman–Crippen MR) is 109 cm³/mol. The first-order valence-electron chi connectivity index (χ1n) is 10.1. The summed E-state index contributed by atoms with van der Waals surface area (Å²) < 4.78 is 39.2. The van der Waals surface area contributed by atoms with E-state index in [9.17, 15) is 18.0 Å². The summed E-state index contributed by atoms with van der Waals surface area (Å²) in [5.41, 5.74) is 2.55. The molecule has 0 radical (unpaired) electrons. The van der Waals surface area contributed by atoms with Gasteiger partial charge in [-0.3, -0.25) is 9.48 Å². The highest BCUT2D eigenvalue weighted by molar-refractivity contribution is 5.94. The number of rotatable bonds is 6. The van der Waals surface area contributed by atoms with E-state index in [2.05, 4.69) is 27.0 Å². The Hall–Kier alpha value is -3.17. The van der Waals surface area contributed by atoms with Crippen LogP contribution in [0.2, 0.25) is 0 Å². The third-order valence-corrected chi connectivity index (χ3v) is 5.59. The van der Waals surface area contributed by atoms with Gasteiger partial charge in [-0.15, -0.1) is 0 Å². The third-order valence-electron chi connectivity index (χ3n) is 5.59. The van der Waals surface area contributed by atoms with Crippen molar-refractivity contribution in [3.05, 3.63) is 48.6 Å². The Bertz CT molecular complexity index is 1030. The highest BCUT2D eigenvalue weighted by Crippen LogP contribution is 2.39. The number of carbonyl (C=O) groups excluding carboxylic acids is 1. The molecule has 0 aromatic carbocycles. The quantitative estimate of drug-likeness (QED) is 0.699. The summed E-state index contributed by atoms with van der Waals surface area (Å²) >= 11 is 0. The molecule has 2 aromatic rings. The molecule has 2 aliphatic heterocycles. The van der Waals surface area contributed by atoms with Crippen molar-refractivity contribution in [1.29, 1.82) is 0 Å². The van der Waals surface area contributed by atoms with Crippen LogP contribution in [0, 0.1) is 0 Å². The number of aromatic nitrogens is 4. The second kappa shape index (κ2) is 8.16. The van der Waals surface area contributed by atoms with Crippen LogP contribution in [0.4, 0.5) is 24.8 Å². The number of hydrogen-bond acceptors (Lipinski definition) is 5. The Balaban J connectivity index is 1.47. The fourth-order valence-corrected chi connectivity index (χ4v) is 4.13. The molecule has 1 fully saturated rings. The van der Waals surface area contributed by atoms with E-state index in [0.29, 0.717) is 12.4 Å². The molecule has 1 N–H and O–H groups in total. The number of anilines is 2. The maximum Gasteiger partial charge on any atom is 0.389 e. The van der Waals surface area contributed by atoms with Crippen molar-refractivity contribution in [2.24, 2.45) is 7.05 Å². The standard InChI is InChI=1S/C21H23F3N6O/c1-13(5-7-21(22,23)24)19(31)30-16-3-4-17(30)10-14(9-16)18-6-8-25-20(28-18)27-15-11-26-29(2)12-15/h6,8-9,11-12,16-17H,1,3-5,7,10H2,2H3,(H,25,27,28). The zero-order valence-corrected chi connectivity index (χ0v) is 17.1. The molecule has 1 amide bonds. The SMILES string of the molecule is C=C(CCC(F)(F)F)C(=O)N1C2C=C(c3ccnc(Nc4cnn(C)c4)n3)CC1CC2. The summed E-state index contributed by atoms with van der Waals surface area (Å²) in [6.45, 7) is 3.61. The Kier molecular flexibility index (Phi) is 5.55. The summed E-state index contributed by atoms with van der Waals surface area (Å²) in [6, 6.07) is 1.60. The van der Waals surface area contributed by atoms with Crippen molar-refractivity contribution in [3.8, 4) is 0 Å². The molecule has 2 bridgehead atoms. The monoisotopic (exact) mass is 432 g/mol. The second-order valence-corrected chi connectivity index (χ2v) is 7.92. The lowest BCUT2D eigenvalue weighted by molar-refractivity contribution is -0.136. The molecular formula is C21H23F3N6O. The lowest BCUT2D eigenvalue weighted by atomic mass is 9.97. The molecule has 164 valence electrons. The van der Waals surface area contributed by atoms with Crippen LogP contribution in [-0.4, -0.2) is 48.8 Å². The zero-order chi connectivity index (χ0) is 22.2. The van der Waals surface area contributed by atoms with Gasteiger partial charge in [-0.05, 0) is 37.3 Å². The van der Waals surface area contributed by atoms with Gasteiger partial charge in [-0.2, -0.15) is 18.3 Å². The van der Waals surface area contributed by atoms with Gasteiger partial charge in [-0.1, -0.05) is 12.7 Å². The summed E-state index contributed by atoms with van der Waals surface area (Å²) in [5, 5.41) is 7.21. The van der Waals surface area contributed by atoms with E-state index < -0.39 is 12.6 Å². The van der Waals surface area contributed by atoms with Gasteiger partial charge in [0, 0.05) is 37.5 Å². The van der Waals surface area contributed by atoms with Crippen LogP contribution in [0.15, 0.2) is 42.9 Å². The van der Waals surface area contributed by atoms with Gasteiger partial charge in [-0.25, -0.2) is 9.97 Å². The van der Waals surface area contributed by atoms with Gasteiger partial charge in [0.15, 0.2) is 0 Å². The highest BCUT2D eigenvalue weighted by atomic mass is 19.4. The number of halogens is 3. The molecule has 0 saturated carbocycles. The number of nitrogens with one attached hydrogen (secondary N) is 1. The van der Waals surface area contributed by atoms with Gasteiger partial charge in [0.1, 0.15) is 0 Å². The number of fused-ring (bicyclic) bond motifs is 2. The summed E-state index contributed by atoms with van der Waals surface area (Å²) in [7, 11) is 1.82. The minimum Gasteiger partial charge on any atom is -0.329 e. The van der Waals surface area contributed by atoms with E-state index in [1.807, 2.05) is 25.4 Å². The third kappa shape index (κ3) is 4.78. The van der Waals surface area contributed by atoms with E-state index in [0.717, 1.165) is 29.8 Å². The minimum absolute atomic E-state index is 0.0102. The van der Waals surface area contributed by atoms with Crippen LogP contribution < -0.4 is 5.32 Å². The maximum atomic E-state index is 12.8. The first kappa shape index (κ1) is 21.1. The number of carbonyl (C=O) groups is 1. The lowest BCUT2D eigenvalue weighted by Crippen LogP contribution is -2.43. The van der Waals surface area contributed by atoms with Crippen LogP contribution in [-0.2, 0) is 11.8 Å². The number of amides is 1. The number of nitrogens with zero attached hydrogens (tertiary/aromatic N) is 5. The topological polar surface area (TPSA) is 75.9 Å². The first-order chi connectivity index (χ1) is 14.7. The molecule has 4 rings (SSSR count). The Morgan fingerprint density at radius 3 is 2.84 bits per heavy atom. The lowest BCUT2D eigenvalue weighted by Gasteiger charge is -2.34. The van der Waals surface area contributed by atoms with Crippen molar-refractivity contribution in [2.75, 3.05) is 5.32 Å². The number of alkyl halides is 3. The molecule has 1 saturated heterocycles. The van der Waals surface area contributed by atoms with Crippen LogP contribution in [0.5, 0.6) is 0 Å². The molecular weight excluding hydrogens is 409 g/mol. The van der Waals surface area contributed by atoms with Crippen molar-refractivity contribution in [3.63, 3.8) is 0 Å². The molecule has 2 unspecified atom stereocenters. The molecule has 2 aromatic heterocycles. The van der Waals surface area contributed by atoms with E-state index in [1.54, 1.807) is 22.0 Å². The van der Waals surface area contributed by atoms with Crippen LogP contribution >= 0.6 is 0 Å². The maximum absolute atomic E-state index is 12.8. The number of hydrogen-bond donors (Lipinski definition) is 1. The fraction of sp³-hybridized carbons (Fsp3) is 0.429. The normalized spacial score (nSPS) is 20.5. The minimum atomic E-state index is -4.30. The van der Waals surface area contributed by atoms with Crippen molar-refractivity contribution in [2.45, 2.75) is 50.4 Å². The van der Waals surface area contributed by atoms with Crippen molar-refractivity contribution < 1.29 is 18.0 Å². The fourth-order valence-electron chi connectivity index (χ4n) is 4.13. The van der Waals surface area contributed by atoms with E-state index in [-0.39, 0.29) is 30.0 Å². The van der Waals surface area contributed by atoms with Crippen molar-refractivity contribution >= 4 is 23.1 Å². The van der Waals surface area contributed by atoms with Gasteiger partial charge < -0.3 is 10.2 Å². The van der Waals surface area contributed by atoms with Crippen LogP contribution in [0.1, 0.15) is 37.8 Å². The predicted octanol–water partition coefficient (Wildman–Crippen LogP) is 4.00. The summed E-state index contributed by atoms with van der Waals surface area (Å²) in [6.07, 6.45) is 3.61. The van der Waals surface area contributed by atoms with Crippen molar-refractivity contribution in [1.82, 2.24) is 24.6 Å². The van der Waals surface area contributed by atoms with Gasteiger partial charge >= 0.3 is 6.18 Å².